The van der Waals surface area contributed by atoms with Crippen LogP contribution in [0.25, 0.3) is 20.9 Å². The molecule has 16 heteroatoms. The van der Waals surface area contributed by atoms with E-state index in [1.807, 2.05) is 0 Å². The molecule has 0 bridgehead atoms. The number of carbonyl (C=O) groups excluding carboxylic acids is 2. The number of nitrogens with one attached hydrogen (secondary N) is 2. The van der Waals surface area contributed by atoms with Crippen LogP contribution in [0.5, 0.6) is 0 Å². The van der Waals surface area contributed by atoms with E-state index < -0.39 is 53.1 Å². The van der Waals surface area contributed by atoms with Gasteiger partial charge in [-0.05, 0) is 22.9 Å². The van der Waals surface area contributed by atoms with Crippen LogP contribution in [0, 0.1) is 17.8 Å². The Balaban J connectivity index is 2.38. The Morgan fingerprint density at radius 2 is 1.90 bits per heavy atom. The van der Waals surface area contributed by atoms with Gasteiger partial charge in [0.1, 0.15) is 0 Å². The van der Waals surface area contributed by atoms with Gasteiger partial charge in [0, 0.05) is 28.8 Å². The van der Waals surface area contributed by atoms with Gasteiger partial charge in [0.05, 0.1) is 24.0 Å². The van der Waals surface area contributed by atoms with Crippen LogP contribution < -0.4 is 16.4 Å². The highest BCUT2D eigenvalue weighted by Gasteiger charge is 2.63. The number of carbonyl (C=O) groups is 2. The topological polar surface area (TPSA) is 194 Å². The quantitative estimate of drug-likeness (QED) is 0.231. The predicted octanol–water partition coefficient (Wildman–Crippen LogP) is 0.981. The molecule has 2 aliphatic rings. The summed E-state index contributed by atoms with van der Waals surface area (Å²) in [6, 6.07) is 0. The van der Waals surface area contributed by atoms with Crippen LogP contribution in [0.15, 0.2) is 15.2 Å². The highest BCUT2D eigenvalue weighted by molar-refractivity contribution is 6.22. The third-order valence-corrected chi connectivity index (χ3v) is 5.72. The van der Waals surface area contributed by atoms with E-state index in [1.54, 1.807) is 0 Å². The number of ketones is 1. The summed E-state index contributed by atoms with van der Waals surface area (Å²) >= 11 is 6.56. The Morgan fingerprint density at radius 3 is 2.38 bits per heavy atom. The Morgan fingerprint density at radius 1 is 1.31 bits per heavy atom. The number of rotatable bonds is 7. The minimum Gasteiger partial charge on any atom is -0.370 e. The Kier molecular flexibility index (Phi) is 6.67. The Bertz CT molecular complexity index is 807. The number of guanidine groups is 1. The largest absolute Gasteiger partial charge is 0.471 e. The number of nitrogens with two attached hydrogens (primary N) is 1. The summed E-state index contributed by atoms with van der Waals surface area (Å²) in [6.07, 6.45) is -5.16. The number of nitrogens with zero attached hydrogens (tertiary/aromatic N) is 7. The molecule has 0 aromatic rings. The standard InChI is InChI=1S/C13H16ClF3N10O2/c14-9-6(2-24-27-20)5(1-23-26-19)8(12(9)4-22-11(18)25-12)7(28)3-21-10(29)13(15,16)17/h5-6,8-9H,1-4H2,(H,21,29)(H3,18,22,25)/t5-,6-,8-,9+,12+/m1/s1. The summed E-state index contributed by atoms with van der Waals surface area (Å²) in [7, 11) is 0. The van der Waals surface area contributed by atoms with Crippen LogP contribution in [-0.2, 0) is 9.59 Å². The summed E-state index contributed by atoms with van der Waals surface area (Å²) in [5, 5.41) is 10.4. The molecule has 0 radical (unpaired) electrons. The van der Waals surface area contributed by atoms with Crippen LogP contribution >= 0.6 is 11.6 Å². The molecule has 0 aromatic carbocycles. The van der Waals surface area contributed by atoms with E-state index in [4.69, 9.17) is 28.4 Å². The number of aliphatic imine (C=N–C) groups is 1. The van der Waals surface area contributed by atoms with Gasteiger partial charge in [0.25, 0.3) is 0 Å². The number of azide groups is 2. The van der Waals surface area contributed by atoms with Crippen LogP contribution in [0.3, 0.4) is 0 Å². The molecule has 1 spiro atoms. The van der Waals surface area contributed by atoms with Crippen LogP contribution in [0.2, 0.25) is 0 Å². The minimum absolute atomic E-state index is 0.0280. The highest BCUT2D eigenvalue weighted by Crippen LogP contribution is 2.49. The van der Waals surface area contributed by atoms with Gasteiger partial charge in [-0.2, -0.15) is 13.2 Å². The molecule has 1 aliphatic heterocycles. The van der Waals surface area contributed by atoms with Crippen molar-refractivity contribution in [2.24, 2.45) is 38.7 Å². The summed E-state index contributed by atoms with van der Waals surface area (Å²) in [4.78, 5) is 33.2. The monoisotopic (exact) mass is 436 g/mol. The molecule has 0 aromatic heterocycles. The molecule has 1 heterocycles. The molecular weight excluding hydrogens is 421 g/mol. The molecule has 1 saturated carbocycles. The molecule has 1 amide bonds. The molecule has 29 heavy (non-hydrogen) atoms. The third-order valence-electron chi connectivity index (χ3n) is 5.01. The summed E-state index contributed by atoms with van der Waals surface area (Å²) in [5.74, 6) is -5.66. The first-order valence-corrected chi connectivity index (χ1v) is 8.63. The molecule has 0 saturated heterocycles. The highest BCUT2D eigenvalue weighted by atomic mass is 35.5. The number of hydrogen-bond donors (Lipinski definition) is 3. The van der Waals surface area contributed by atoms with E-state index in [-0.39, 0.29) is 25.6 Å². The summed E-state index contributed by atoms with van der Waals surface area (Å²) in [6.45, 7) is -1.40. The number of hydrogen-bond acceptors (Lipinski definition) is 7. The summed E-state index contributed by atoms with van der Waals surface area (Å²) in [5.41, 5.74) is 21.7. The van der Waals surface area contributed by atoms with E-state index >= 15 is 0 Å². The second-order valence-electron chi connectivity index (χ2n) is 6.55. The van der Waals surface area contributed by atoms with Gasteiger partial charge >= 0.3 is 12.1 Å². The van der Waals surface area contributed by atoms with Crippen LogP contribution in [0.1, 0.15) is 0 Å². The van der Waals surface area contributed by atoms with Crippen molar-refractivity contribution in [1.29, 1.82) is 0 Å². The number of amides is 1. The number of Topliss-reactive ketones (excluding diaryl/α,β-unsaturated/α-hetero) is 1. The first kappa shape index (κ1) is 22.4. The van der Waals surface area contributed by atoms with Crippen molar-refractivity contribution in [2.45, 2.75) is 17.1 Å². The van der Waals surface area contributed by atoms with E-state index in [1.165, 1.54) is 5.32 Å². The average molecular weight is 437 g/mol. The zero-order chi connectivity index (χ0) is 21.8. The van der Waals surface area contributed by atoms with Gasteiger partial charge in [-0.25, -0.2) is 0 Å². The lowest BCUT2D eigenvalue weighted by molar-refractivity contribution is -0.173. The molecule has 2 rings (SSSR count). The van der Waals surface area contributed by atoms with Crippen molar-refractivity contribution in [3.8, 4) is 0 Å². The van der Waals surface area contributed by atoms with Crippen molar-refractivity contribution in [3.05, 3.63) is 20.9 Å². The SMILES string of the molecule is [N-]=[N+]=NC[C@@H]1[C@@H](CN=[N+]=[N-])[C@H](C(=O)CNC(=O)C(F)(F)F)[C@@]2(CN=C(N)N2)[C@H]1Cl. The average Bonchev–Trinajstić information content (AvgIpc) is 3.14. The zero-order valence-corrected chi connectivity index (χ0v) is 15.4. The Labute approximate surface area is 166 Å². The molecule has 4 N–H and O–H groups in total. The van der Waals surface area contributed by atoms with Crippen molar-refractivity contribution in [2.75, 3.05) is 26.2 Å². The van der Waals surface area contributed by atoms with E-state index in [9.17, 15) is 22.8 Å². The minimum atomic E-state index is -5.16. The normalized spacial score (nSPS) is 30.7. The lowest BCUT2D eigenvalue weighted by Gasteiger charge is -2.34. The molecule has 0 unspecified atom stereocenters. The third kappa shape index (κ3) is 4.42. The van der Waals surface area contributed by atoms with E-state index in [0.29, 0.717) is 0 Å². The lowest BCUT2D eigenvalue weighted by atomic mass is 9.79. The second-order valence-corrected chi connectivity index (χ2v) is 7.02. The fraction of sp³-hybridized carbons (Fsp3) is 0.769. The predicted molar refractivity (Wildman–Crippen MR) is 94.6 cm³/mol. The van der Waals surface area contributed by atoms with Crippen LogP contribution in [0.4, 0.5) is 13.2 Å². The first-order valence-electron chi connectivity index (χ1n) is 8.20. The maximum absolute atomic E-state index is 12.9. The first-order chi connectivity index (χ1) is 13.6. The van der Waals surface area contributed by atoms with Gasteiger partial charge in [-0.15, -0.1) is 11.6 Å². The molecule has 5 atom stereocenters. The van der Waals surface area contributed by atoms with Gasteiger partial charge in [-0.1, -0.05) is 10.2 Å². The van der Waals surface area contributed by atoms with Crippen molar-refractivity contribution in [3.63, 3.8) is 0 Å². The van der Waals surface area contributed by atoms with Crippen LogP contribution in [-0.4, -0.2) is 60.9 Å². The smallest absolute Gasteiger partial charge is 0.370 e. The fourth-order valence-electron chi connectivity index (χ4n) is 3.90. The maximum Gasteiger partial charge on any atom is 0.471 e. The number of halogens is 4. The van der Waals surface area contributed by atoms with Gasteiger partial charge in [0.2, 0.25) is 0 Å². The lowest BCUT2D eigenvalue weighted by Crippen LogP contribution is -2.60. The molecule has 158 valence electrons. The van der Waals surface area contributed by atoms with E-state index in [0.717, 1.165) is 0 Å². The van der Waals surface area contributed by atoms with Crippen molar-refractivity contribution in [1.82, 2.24) is 10.6 Å². The molecule has 1 fully saturated rings. The van der Waals surface area contributed by atoms with Gasteiger partial charge in [0.15, 0.2) is 11.7 Å². The summed E-state index contributed by atoms with van der Waals surface area (Å²) < 4.78 is 37.3. The van der Waals surface area contributed by atoms with Gasteiger partial charge < -0.3 is 16.4 Å². The zero-order valence-electron chi connectivity index (χ0n) is 14.7. The fourth-order valence-corrected chi connectivity index (χ4v) is 4.43. The Hall–Kier alpha value is -2.89. The second kappa shape index (κ2) is 8.64. The van der Waals surface area contributed by atoms with Gasteiger partial charge in [-0.3, -0.25) is 14.6 Å². The molecular formula is C13H16ClF3N10O2. The maximum atomic E-state index is 12.9. The van der Waals surface area contributed by atoms with E-state index in [2.05, 4.69) is 30.4 Å². The molecule has 12 nitrogen and oxygen atoms in total. The van der Waals surface area contributed by atoms with Crippen molar-refractivity contribution < 1.29 is 22.8 Å². The van der Waals surface area contributed by atoms with Crippen molar-refractivity contribution >= 4 is 29.3 Å². The molecule has 1 aliphatic carbocycles. The number of alkyl halides is 4.